The Labute approximate surface area is 445 Å². The molecule has 2 aliphatic rings. The summed E-state index contributed by atoms with van der Waals surface area (Å²) in [6, 6.07) is 21.5. The monoisotopic (exact) mass is 1010 g/mol. The first-order chi connectivity index (χ1) is 25.2. The average Bonchev–Trinajstić information content (AvgIpc) is 3.48. The van der Waals surface area contributed by atoms with Gasteiger partial charge in [0.05, 0.1) is 30.9 Å². The Morgan fingerprint density at radius 1 is 0.727 bits per heavy atom. The molecule has 2 aliphatic heterocycles. The number of aromatic nitrogens is 2. The van der Waals surface area contributed by atoms with Gasteiger partial charge in [-0.05, 0) is 122 Å². The molecule has 0 amide bonds. The van der Waals surface area contributed by atoms with Crippen molar-refractivity contribution in [1.29, 1.82) is 0 Å². The zero-order chi connectivity index (χ0) is 40.7. The zero-order valence-electron chi connectivity index (χ0n) is 35.9. The fourth-order valence-corrected chi connectivity index (χ4v) is 4.37. The number of halogens is 2. The average molecular weight is 1010 g/mol. The van der Waals surface area contributed by atoms with Crippen LogP contribution in [0, 0.1) is 19.8 Å². The first-order valence-corrected chi connectivity index (χ1v) is 16.6. The Kier molecular flexibility index (Phi) is 24.3. The molecule has 0 saturated carbocycles. The van der Waals surface area contributed by atoms with Gasteiger partial charge in [0, 0.05) is 18.5 Å². The van der Waals surface area contributed by atoms with E-state index in [0.29, 0.717) is 5.88 Å². The van der Waals surface area contributed by atoms with Crippen molar-refractivity contribution in [3.63, 3.8) is 0 Å². The molecule has 0 aliphatic carbocycles. The van der Waals surface area contributed by atoms with E-state index in [1.165, 1.54) is 12.3 Å². The minimum Gasteiger partial charge on any atom is -1.00 e. The fraction of sp³-hybridized carbons (Fsp3) is 0.395. The quantitative estimate of drug-likeness (QED) is 0.0939. The van der Waals surface area contributed by atoms with Gasteiger partial charge in [-0.1, -0.05) is 36.4 Å². The van der Waals surface area contributed by atoms with Crippen molar-refractivity contribution in [2.45, 2.75) is 91.6 Å². The summed E-state index contributed by atoms with van der Waals surface area (Å²) in [6.07, 6.45) is 3.28. The van der Waals surface area contributed by atoms with Crippen LogP contribution in [-0.2, 0) is 28.3 Å². The number of hydrogen-bond donors (Lipinski definition) is 1. The molecule has 0 atom stereocenters. The van der Waals surface area contributed by atoms with Crippen molar-refractivity contribution in [3.05, 3.63) is 102 Å². The Balaban J connectivity index is 0. The molecule has 4 aromatic rings. The number of benzene rings is 2. The van der Waals surface area contributed by atoms with E-state index < -0.39 is 13.1 Å². The van der Waals surface area contributed by atoms with Crippen molar-refractivity contribution in [2.24, 2.45) is 0 Å². The van der Waals surface area contributed by atoms with Crippen LogP contribution in [0.15, 0.2) is 85.2 Å². The third-order valence-electron chi connectivity index (χ3n) is 8.85. The number of hydrogen-bond acceptors (Lipinski definition) is 11. The summed E-state index contributed by atoms with van der Waals surface area (Å²) in [5.41, 5.74) is 2.67. The van der Waals surface area contributed by atoms with Crippen molar-refractivity contribution in [2.75, 3.05) is 7.15 Å². The van der Waals surface area contributed by atoms with Gasteiger partial charge in [-0.25, -0.2) is 9.97 Å². The molecule has 11 nitrogen and oxygen atoms in total. The number of phenolic OH excluding ortho intramolecular Hbond substituents is 1. The first-order valence-electron chi connectivity index (χ1n) is 17.3. The van der Waals surface area contributed by atoms with Crippen LogP contribution in [-0.4, -0.2) is 65.3 Å². The fourth-order valence-electron chi connectivity index (χ4n) is 4.37. The number of alkyl halides is 1. The summed E-state index contributed by atoms with van der Waals surface area (Å²) >= 11 is 0. The van der Waals surface area contributed by atoms with Crippen LogP contribution in [0.1, 0.15) is 69.3 Å². The number of phenols is 1. The molecule has 0 radical (unpaired) electrons. The van der Waals surface area contributed by atoms with E-state index in [0.717, 1.165) is 27.8 Å². The maximum Gasteiger partial charge on any atom is 1.00 e. The molecular formula is C38H50B2Cs2F2N2O9. The molecule has 288 valence electrons. The molecule has 2 fully saturated rings. The van der Waals surface area contributed by atoms with Gasteiger partial charge in [0.15, 0.2) is 0 Å². The molecule has 1 N–H and O–H groups in total. The third-order valence-corrected chi connectivity index (χ3v) is 8.85. The van der Waals surface area contributed by atoms with Gasteiger partial charge >= 0.3 is 152 Å². The van der Waals surface area contributed by atoms with Gasteiger partial charge in [-0.15, -0.1) is 0 Å². The van der Waals surface area contributed by atoms with Crippen LogP contribution in [0.25, 0.3) is 0 Å². The number of pyridine rings is 2. The Morgan fingerprint density at radius 2 is 1.09 bits per heavy atom. The second-order valence-electron chi connectivity index (χ2n) is 14.0. The minimum atomic E-state index is -1.00. The van der Waals surface area contributed by atoms with Crippen LogP contribution in [0.5, 0.6) is 17.4 Å². The third kappa shape index (κ3) is 17.5. The van der Waals surface area contributed by atoms with E-state index in [1.807, 2.05) is 118 Å². The molecule has 55 heavy (non-hydrogen) atoms. The summed E-state index contributed by atoms with van der Waals surface area (Å²) in [5.74, 6) is 1.15. The number of rotatable bonds is 5. The number of ether oxygens (including phenoxy) is 1. The number of carbonyl (C=O) groups is 1. The van der Waals surface area contributed by atoms with Crippen LogP contribution in [0.3, 0.4) is 0 Å². The smallest absolute Gasteiger partial charge is 1.00 e. The van der Waals surface area contributed by atoms with E-state index in [-0.39, 0.29) is 188 Å². The molecular weight excluding hydrogens is 954 g/mol. The number of aromatic hydroxyl groups is 1. The van der Waals surface area contributed by atoms with E-state index in [9.17, 15) is 13.9 Å². The van der Waals surface area contributed by atoms with Crippen molar-refractivity contribution < 1.29 is 193 Å². The van der Waals surface area contributed by atoms with E-state index >= 15 is 0 Å². The van der Waals surface area contributed by atoms with Gasteiger partial charge in [0.25, 0.3) is 6.47 Å². The van der Waals surface area contributed by atoms with Crippen LogP contribution >= 0.6 is 0 Å². The van der Waals surface area contributed by atoms with Crippen molar-refractivity contribution in [1.82, 2.24) is 9.97 Å². The zero-order valence-corrected chi connectivity index (χ0v) is 46.4. The summed E-state index contributed by atoms with van der Waals surface area (Å²) in [4.78, 5) is 18.9. The summed E-state index contributed by atoms with van der Waals surface area (Å²) in [6.45, 7) is 20.0. The number of aryl methyl sites for hydroxylation is 2. The molecule has 2 saturated heterocycles. The van der Waals surface area contributed by atoms with Crippen LogP contribution in [0.2, 0.25) is 0 Å². The van der Waals surface area contributed by atoms with Crippen molar-refractivity contribution >= 4 is 31.6 Å². The van der Waals surface area contributed by atoms with E-state index in [4.69, 9.17) is 34.8 Å². The molecule has 6 rings (SSSR count). The summed E-state index contributed by atoms with van der Waals surface area (Å²) in [5, 5.41) is 17.7. The largest absolute Gasteiger partial charge is 1.00 e. The van der Waals surface area contributed by atoms with Gasteiger partial charge in [0.1, 0.15) is 11.5 Å². The van der Waals surface area contributed by atoms with E-state index in [2.05, 4.69) is 14.9 Å². The SMILES string of the molecule is CC1(C)OB(c2ccc(O)cc2)OC1(C)C.Cc1ccc(F)nc1.Cc1ccc(Oc2ccc(B3OC(C)(C)C(C)(C)O3)cc2)nc1.O=CO[O-].[2H]CF.[Cs+].[Cs+].[H-]. The number of carbonyl (C=O) groups excluding carboxylic acids is 1. The molecule has 0 unspecified atom stereocenters. The molecule has 2 aromatic carbocycles. The molecule has 4 heterocycles. The predicted octanol–water partition coefficient (Wildman–Crippen LogP) is -0.157. The molecule has 0 bridgehead atoms. The number of nitrogens with zero attached hydrogens (tertiary/aromatic N) is 2. The normalized spacial score (nSPS) is 16.5. The summed E-state index contributed by atoms with van der Waals surface area (Å²) in [7, 11) is -1.71. The molecule has 17 heteroatoms. The van der Waals surface area contributed by atoms with Gasteiger partial charge < -0.3 is 40.0 Å². The standard InChI is InChI=1S/C18H22BNO3.C12H17BO3.C6H6FN.CH3F.CH2O3.2Cs.H/c1-13-6-11-16(20-12-13)21-15-9-7-14(8-10-15)19-22-17(2,3)18(4,5)23-19;1-11(2)12(3,4)16-13(15-11)9-5-7-10(14)8-6-9;1-5-2-3-6(7)8-4-5;1-2;2-1-4-3;;;/h6-12H,1-5H3;5-8,14H,1-4H3;2-4H,1H3;1H3;1,3H;;;/q;;;;;2*+1;-1/p-1/i;;;1D;;;;. The predicted molar refractivity (Wildman–Crippen MR) is 199 cm³/mol. The van der Waals surface area contributed by atoms with Crippen molar-refractivity contribution in [3.8, 4) is 17.4 Å². The Bertz CT molecular complexity index is 1670. The molecule has 2 aromatic heterocycles. The van der Waals surface area contributed by atoms with Crippen LogP contribution in [0.4, 0.5) is 8.78 Å². The second kappa shape index (κ2) is 25.4. The summed E-state index contributed by atoms with van der Waals surface area (Å²) < 4.78 is 57.1. The minimum absolute atomic E-state index is 0. The van der Waals surface area contributed by atoms with Gasteiger partial charge in [0.2, 0.25) is 11.8 Å². The van der Waals surface area contributed by atoms with Gasteiger partial charge in [-0.2, -0.15) is 4.39 Å². The first kappa shape index (κ1) is 52.7. The Morgan fingerprint density at radius 3 is 1.40 bits per heavy atom. The molecule has 0 spiro atoms. The maximum atomic E-state index is 12.0. The van der Waals surface area contributed by atoms with Crippen LogP contribution < -0.4 is 159 Å². The Hall–Kier alpha value is -0.296. The van der Waals surface area contributed by atoms with Gasteiger partial charge in [-0.3, -0.25) is 9.18 Å². The maximum absolute atomic E-state index is 12.0. The topological polar surface area (TPSA) is 142 Å². The van der Waals surface area contributed by atoms with E-state index in [1.54, 1.807) is 24.4 Å². The second-order valence-corrected chi connectivity index (χ2v) is 14.0.